The summed E-state index contributed by atoms with van der Waals surface area (Å²) in [5.41, 5.74) is 1.67. The molecule has 0 unspecified atom stereocenters. The summed E-state index contributed by atoms with van der Waals surface area (Å²) in [5.74, 6) is -0.321. The van der Waals surface area contributed by atoms with Gasteiger partial charge in [0.1, 0.15) is 0 Å². The largest absolute Gasteiger partial charge is 0.465 e. The van der Waals surface area contributed by atoms with Gasteiger partial charge in [-0.05, 0) is 29.1 Å². The Morgan fingerprint density at radius 2 is 2.21 bits per heavy atom. The molecule has 3 nitrogen and oxygen atoms in total. The summed E-state index contributed by atoms with van der Waals surface area (Å²) < 4.78 is 5.60. The second-order valence-electron chi connectivity index (χ2n) is 3.98. The summed E-state index contributed by atoms with van der Waals surface area (Å²) >= 11 is 5.21. The third kappa shape index (κ3) is 3.89. The Morgan fingerprint density at radius 3 is 2.84 bits per heavy atom. The van der Waals surface area contributed by atoms with Gasteiger partial charge < -0.3 is 10.1 Å². The highest BCUT2D eigenvalue weighted by Crippen LogP contribution is 2.19. The molecule has 0 saturated heterocycles. The molecule has 5 heteroatoms. The molecule has 0 aliphatic heterocycles. The molecule has 100 valence electrons. The average Bonchev–Trinajstić information content (AvgIpc) is 2.93. The monoisotopic (exact) mass is 339 g/mol. The first-order chi connectivity index (χ1) is 9.20. The number of hydrogen-bond acceptors (Lipinski definition) is 4. The molecule has 0 atom stereocenters. The van der Waals surface area contributed by atoms with E-state index in [9.17, 15) is 4.79 Å². The Balaban J connectivity index is 1.95. The van der Waals surface area contributed by atoms with Crippen molar-refractivity contribution < 1.29 is 9.53 Å². The number of carbonyl (C=O) groups is 1. The van der Waals surface area contributed by atoms with Crippen molar-refractivity contribution in [3.63, 3.8) is 0 Å². The van der Waals surface area contributed by atoms with Crippen LogP contribution in [0, 0.1) is 0 Å². The first-order valence-electron chi connectivity index (χ1n) is 5.80. The molecule has 0 bridgehead atoms. The Morgan fingerprint density at radius 1 is 1.37 bits per heavy atom. The molecule has 2 aromatic rings. The summed E-state index contributed by atoms with van der Waals surface area (Å²) in [4.78, 5) is 12.7. The predicted molar refractivity (Wildman–Crippen MR) is 80.3 cm³/mol. The fourth-order valence-electron chi connectivity index (χ4n) is 1.67. The van der Waals surface area contributed by atoms with E-state index >= 15 is 0 Å². The molecule has 1 heterocycles. The van der Waals surface area contributed by atoms with Gasteiger partial charge in [-0.2, -0.15) is 0 Å². The van der Waals surface area contributed by atoms with Crippen LogP contribution in [-0.2, 0) is 17.8 Å². The van der Waals surface area contributed by atoms with E-state index < -0.39 is 0 Å². The number of rotatable bonds is 5. The van der Waals surface area contributed by atoms with Crippen LogP contribution in [0.1, 0.15) is 20.8 Å². The van der Waals surface area contributed by atoms with Crippen LogP contribution in [-0.4, -0.2) is 13.1 Å². The Labute approximate surface area is 124 Å². The normalized spacial score (nSPS) is 10.4. The van der Waals surface area contributed by atoms with Gasteiger partial charge >= 0.3 is 5.97 Å². The zero-order chi connectivity index (χ0) is 13.7. The fraction of sp³-hybridized carbons (Fsp3) is 0.214. The van der Waals surface area contributed by atoms with E-state index in [1.165, 1.54) is 12.0 Å². The number of esters is 1. The quantitative estimate of drug-likeness (QED) is 0.846. The number of benzene rings is 1. The topological polar surface area (TPSA) is 38.3 Å². The summed E-state index contributed by atoms with van der Waals surface area (Å²) in [6.45, 7) is 1.60. The maximum atomic E-state index is 11.4. The predicted octanol–water partition coefficient (Wildman–Crippen LogP) is 3.59. The molecule has 19 heavy (non-hydrogen) atoms. The molecule has 0 saturated carbocycles. The van der Waals surface area contributed by atoms with Gasteiger partial charge in [0.15, 0.2) is 0 Å². The van der Waals surface area contributed by atoms with Gasteiger partial charge in [-0.15, -0.1) is 11.3 Å². The van der Waals surface area contributed by atoms with Gasteiger partial charge in [-0.3, -0.25) is 0 Å². The van der Waals surface area contributed by atoms with Crippen LogP contribution in [0.4, 0.5) is 0 Å². The number of thiophene rings is 1. The van der Waals surface area contributed by atoms with Crippen LogP contribution in [0.3, 0.4) is 0 Å². The SMILES string of the molecule is COC(=O)c1ccc(CNCc2cccs2)c(Br)c1. The van der Waals surface area contributed by atoms with Gasteiger partial charge in [-0.25, -0.2) is 4.79 Å². The number of nitrogens with one attached hydrogen (secondary N) is 1. The van der Waals surface area contributed by atoms with E-state index in [1.807, 2.05) is 12.1 Å². The maximum Gasteiger partial charge on any atom is 0.337 e. The van der Waals surface area contributed by atoms with E-state index in [0.717, 1.165) is 23.1 Å². The Hall–Kier alpha value is -1.17. The molecule has 1 aromatic carbocycles. The van der Waals surface area contributed by atoms with Crippen molar-refractivity contribution >= 4 is 33.2 Å². The highest BCUT2D eigenvalue weighted by molar-refractivity contribution is 9.10. The van der Waals surface area contributed by atoms with Crippen LogP contribution < -0.4 is 5.32 Å². The standard InChI is InChI=1S/C14H14BrNO2S/c1-18-14(17)10-4-5-11(13(15)7-10)8-16-9-12-3-2-6-19-12/h2-7,16H,8-9H2,1H3. The zero-order valence-corrected chi connectivity index (χ0v) is 12.9. The van der Waals surface area contributed by atoms with Crippen molar-refractivity contribution in [1.82, 2.24) is 5.32 Å². The fourth-order valence-corrected chi connectivity index (χ4v) is 2.86. The molecule has 1 N–H and O–H groups in total. The number of methoxy groups -OCH3 is 1. The molecular weight excluding hydrogens is 326 g/mol. The second kappa shape index (κ2) is 6.84. The third-order valence-corrected chi connectivity index (χ3v) is 4.28. The molecule has 0 aliphatic rings. The number of ether oxygens (including phenoxy) is 1. The highest BCUT2D eigenvalue weighted by atomic mass is 79.9. The van der Waals surface area contributed by atoms with Crippen molar-refractivity contribution in [3.05, 3.63) is 56.2 Å². The molecule has 1 aromatic heterocycles. The lowest BCUT2D eigenvalue weighted by Gasteiger charge is -2.07. The van der Waals surface area contributed by atoms with Crippen molar-refractivity contribution in [2.24, 2.45) is 0 Å². The summed E-state index contributed by atoms with van der Waals surface area (Å²) in [7, 11) is 1.38. The number of carbonyl (C=O) groups excluding carboxylic acids is 1. The van der Waals surface area contributed by atoms with E-state index in [-0.39, 0.29) is 5.97 Å². The van der Waals surface area contributed by atoms with Crippen LogP contribution >= 0.6 is 27.3 Å². The van der Waals surface area contributed by atoms with Crippen LogP contribution in [0.15, 0.2) is 40.2 Å². The number of hydrogen-bond donors (Lipinski definition) is 1. The van der Waals surface area contributed by atoms with Crippen molar-refractivity contribution in [2.75, 3.05) is 7.11 Å². The molecule has 0 fully saturated rings. The number of halogens is 1. The van der Waals surface area contributed by atoms with E-state index in [4.69, 9.17) is 0 Å². The Kier molecular flexibility index (Phi) is 5.13. The second-order valence-corrected chi connectivity index (χ2v) is 5.87. The minimum atomic E-state index is -0.321. The van der Waals surface area contributed by atoms with Gasteiger partial charge in [0.05, 0.1) is 12.7 Å². The highest BCUT2D eigenvalue weighted by Gasteiger charge is 2.08. The summed E-state index contributed by atoms with van der Waals surface area (Å²) in [5, 5.41) is 5.44. The lowest BCUT2D eigenvalue weighted by Crippen LogP contribution is -2.12. The van der Waals surface area contributed by atoms with Gasteiger partial charge in [0.25, 0.3) is 0 Å². The smallest absolute Gasteiger partial charge is 0.337 e. The average molecular weight is 340 g/mol. The summed E-state index contributed by atoms with van der Waals surface area (Å²) in [6, 6.07) is 9.64. The first kappa shape index (κ1) is 14.2. The molecular formula is C14H14BrNO2S. The summed E-state index contributed by atoms with van der Waals surface area (Å²) in [6.07, 6.45) is 0. The molecule has 2 rings (SSSR count). The molecule has 0 spiro atoms. The molecule has 0 aliphatic carbocycles. The first-order valence-corrected chi connectivity index (χ1v) is 7.48. The molecule has 0 radical (unpaired) electrons. The van der Waals surface area contributed by atoms with Gasteiger partial charge in [0.2, 0.25) is 0 Å². The van der Waals surface area contributed by atoms with Crippen molar-refractivity contribution in [3.8, 4) is 0 Å². The Bertz CT molecular complexity index is 555. The lowest BCUT2D eigenvalue weighted by atomic mass is 10.1. The van der Waals surface area contributed by atoms with Gasteiger partial charge in [-0.1, -0.05) is 28.1 Å². The lowest BCUT2D eigenvalue weighted by molar-refractivity contribution is 0.0600. The van der Waals surface area contributed by atoms with Crippen LogP contribution in [0.25, 0.3) is 0 Å². The van der Waals surface area contributed by atoms with E-state index in [0.29, 0.717) is 5.56 Å². The minimum Gasteiger partial charge on any atom is -0.465 e. The van der Waals surface area contributed by atoms with Crippen molar-refractivity contribution in [1.29, 1.82) is 0 Å². The van der Waals surface area contributed by atoms with E-state index in [2.05, 4.69) is 37.4 Å². The maximum absolute atomic E-state index is 11.4. The zero-order valence-electron chi connectivity index (χ0n) is 10.5. The van der Waals surface area contributed by atoms with E-state index in [1.54, 1.807) is 23.5 Å². The van der Waals surface area contributed by atoms with Crippen LogP contribution in [0.5, 0.6) is 0 Å². The van der Waals surface area contributed by atoms with Gasteiger partial charge in [0, 0.05) is 22.4 Å². The van der Waals surface area contributed by atoms with Crippen molar-refractivity contribution in [2.45, 2.75) is 13.1 Å². The third-order valence-electron chi connectivity index (χ3n) is 2.67. The minimum absolute atomic E-state index is 0.321. The molecule has 0 amide bonds. The van der Waals surface area contributed by atoms with Crippen LogP contribution in [0.2, 0.25) is 0 Å².